The summed E-state index contributed by atoms with van der Waals surface area (Å²) in [6, 6.07) is 2.41. The van der Waals surface area contributed by atoms with Crippen molar-refractivity contribution in [2.45, 2.75) is 25.6 Å². The normalized spacial score (nSPS) is 17.9. The predicted molar refractivity (Wildman–Crippen MR) is 118 cm³/mol. The van der Waals surface area contributed by atoms with E-state index < -0.39 is 29.4 Å². The van der Waals surface area contributed by atoms with E-state index in [4.69, 9.17) is 5.41 Å². The summed E-state index contributed by atoms with van der Waals surface area (Å²) in [7, 11) is 1.52. The Morgan fingerprint density at radius 2 is 2.09 bits per heavy atom. The standard InChI is InChI=1S/C21H20F3N9O2/c1-11-16(25)12(17(26-2)13-8-27-9-15(30-13)21(22,23)24)5-7-32(11)20(35)18-29-10-33(31-18)14-4-3-6-28-19(14)34/h3-4,6,8-11,25-26H,5,7H2,1-2H3,(H,28,34)/b17-12-,25-16?/t11-/m1/s1. The number of alkyl halides is 3. The highest BCUT2D eigenvalue weighted by Crippen LogP contribution is 2.30. The van der Waals surface area contributed by atoms with Gasteiger partial charge < -0.3 is 20.6 Å². The summed E-state index contributed by atoms with van der Waals surface area (Å²) in [5.41, 5.74) is -0.726. The van der Waals surface area contributed by atoms with Crippen molar-refractivity contribution >= 4 is 17.3 Å². The minimum atomic E-state index is -4.66. The molecule has 4 heterocycles. The van der Waals surface area contributed by atoms with Crippen LogP contribution in [0, 0.1) is 5.41 Å². The van der Waals surface area contributed by atoms with Gasteiger partial charge in [0.15, 0.2) is 5.69 Å². The lowest BCUT2D eigenvalue weighted by Gasteiger charge is -2.35. The van der Waals surface area contributed by atoms with Gasteiger partial charge in [0, 0.05) is 25.4 Å². The molecule has 0 unspecified atom stereocenters. The molecular formula is C21H20F3N9O2. The van der Waals surface area contributed by atoms with E-state index in [0.717, 1.165) is 0 Å². The van der Waals surface area contributed by atoms with Crippen LogP contribution in [0.1, 0.15) is 35.4 Å². The first-order valence-electron chi connectivity index (χ1n) is 10.4. The van der Waals surface area contributed by atoms with Crippen LogP contribution in [0.25, 0.3) is 11.4 Å². The molecule has 11 nitrogen and oxygen atoms in total. The van der Waals surface area contributed by atoms with Crippen LogP contribution >= 0.6 is 0 Å². The maximum Gasteiger partial charge on any atom is 0.434 e. The van der Waals surface area contributed by atoms with E-state index in [9.17, 15) is 22.8 Å². The summed E-state index contributed by atoms with van der Waals surface area (Å²) >= 11 is 0. The molecule has 3 N–H and O–H groups in total. The fourth-order valence-corrected chi connectivity index (χ4v) is 3.76. The number of hydrogen-bond acceptors (Lipinski definition) is 8. The van der Waals surface area contributed by atoms with Gasteiger partial charge in [0.05, 0.1) is 29.8 Å². The topological polar surface area (TPSA) is 146 Å². The van der Waals surface area contributed by atoms with Gasteiger partial charge in [-0.05, 0) is 25.5 Å². The number of carbonyl (C=O) groups is 1. The summed E-state index contributed by atoms with van der Waals surface area (Å²) in [4.78, 5) is 40.3. The van der Waals surface area contributed by atoms with Crippen LogP contribution in [0.3, 0.4) is 0 Å². The van der Waals surface area contributed by atoms with E-state index in [-0.39, 0.29) is 41.6 Å². The molecule has 1 atom stereocenters. The summed E-state index contributed by atoms with van der Waals surface area (Å²) < 4.78 is 40.5. The molecule has 0 aliphatic carbocycles. The number of carbonyl (C=O) groups excluding carboxylic acids is 1. The maximum atomic E-state index is 13.1. The Morgan fingerprint density at radius 3 is 2.77 bits per heavy atom. The van der Waals surface area contributed by atoms with Gasteiger partial charge in [0.25, 0.3) is 11.5 Å². The first kappa shape index (κ1) is 23.8. The summed E-state index contributed by atoms with van der Waals surface area (Å²) in [5.74, 6) is -0.699. The van der Waals surface area contributed by atoms with Gasteiger partial charge in [-0.25, -0.2) is 14.6 Å². The third-order valence-corrected chi connectivity index (χ3v) is 5.53. The van der Waals surface area contributed by atoms with Crippen molar-refractivity contribution in [1.29, 1.82) is 5.41 Å². The lowest BCUT2D eigenvalue weighted by Crippen LogP contribution is -2.48. The molecule has 0 spiro atoms. The Morgan fingerprint density at radius 1 is 1.31 bits per heavy atom. The average Bonchev–Trinajstić information content (AvgIpc) is 3.32. The zero-order valence-corrected chi connectivity index (χ0v) is 18.6. The third-order valence-electron chi connectivity index (χ3n) is 5.53. The SMILES string of the molecule is CN/C(=C1/CCN(C(=O)c2ncn(-c3ccc[nH]c3=O)n2)[C@H](C)C1=N)c1cncc(C(F)(F)F)n1. The molecule has 35 heavy (non-hydrogen) atoms. The Balaban J connectivity index is 1.60. The highest BCUT2D eigenvalue weighted by molar-refractivity contribution is 6.09. The molecule has 1 aliphatic rings. The van der Waals surface area contributed by atoms with E-state index in [1.807, 2.05) is 0 Å². The van der Waals surface area contributed by atoms with Crippen molar-refractivity contribution in [2.75, 3.05) is 13.6 Å². The fourth-order valence-electron chi connectivity index (χ4n) is 3.76. The number of piperidine rings is 1. The van der Waals surface area contributed by atoms with Crippen LogP contribution in [0.2, 0.25) is 0 Å². The number of halogens is 3. The average molecular weight is 487 g/mol. The number of pyridine rings is 1. The van der Waals surface area contributed by atoms with Crippen LogP contribution in [-0.2, 0) is 6.18 Å². The molecule has 1 fully saturated rings. The molecule has 1 aliphatic heterocycles. The number of H-pyrrole nitrogens is 1. The zero-order chi connectivity index (χ0) is 25.3. The third kappa shape index (κ3) is 4.54. The van der Waals surface area contributed by atoms with Gasteiger partial charge in [-0.1, -0.05) is 0 Å². The van der Waals surface area contributed by atoms with Crippen molar-refractivity contribution < 1.29 is 18.0 Å². The Bertz CT molecular complexity index is 1380. The number of likely N-dealkylation sites (tertiary alicyclic amines) is 1. The first-order chi connectivity index (χ1) is 16.6. The highest BCUT2D eigenvalue weighted by atomic mass is 19.4. The summed E-state index contributed by atoms with van der Waals surface area (Å²) in [6.45, 7) is 1.79. The van der Waals surface area contributed by atoms with Crippen molar-refractivity contribution in [2.24, 2.45) is 0 Å². The molecule has 1 amide bonds. The van der Waals surface area contributed by atoms with Crippen LogP contribution in [-0.4, -0.2) is 65.9 Å². The van der Waals surface area contributed by atoms with Gasteiger partial charge in [-0.3, -0.25) is 14.6 Å². The Hall–Kier alpha value is -4.36. The fraction of sp³-hybridized carbons (Fsp3) is 0.286. The van der Waals surface area contributed by atoms with Gasteiger partial charge in [-0.2, -0.15) is 13.2 Å². The highest BCUT2D eigenvalue weighted by Gasteiger charge is 2.36. The number of nitrogens with one attached hydrogen (secondary N) is 3. The first-order valence-corrected chi connectivity index (χ1v) is 10.4. The van der Waals surface area contributed by atoms with Crippen molar-refractivity contribution in [3.63, 3.8) is 0 Å². The maximum absolute atomic E-state index is 13.1. The smallest absolute Gasteiger partial charge is 0.386 e. The van der Waals surface area contributed by atoms with E-state index in [0.29, 0.717) is 11.8 Å². The van der Waals surface area contributed by atoms with Crippen LogP contribution in [0.4, 0.5) is 13.2 Å². The van der Waals surface area contributed by atoms with Crippen LogP contribution < -0.4 is 10.9 Å². The van der Waals surface area contributed by atoms with Crippen molar-refractivity contribution in [3.05, 3.63) is 70.2 Å². The van der Waals surface area contributed by atoms with E-state index in [2.05, 4.69) is 30.4 Å². The molecule has 1 saturated heterocycles. The largest absolute Gasteiger partial charge is 0.434 e. The second-order valence-electron chi connectivity index (χ2n) is 7.63. The van der Waals surface area contributed by atoms with Crippen LogP contribution in [0.5, 0.6) is 0 Å². The van der Waals surface area contributed by atoms with E-state index in [1.165, 1.54) is 41.4 Å². The molecule has 0 aromatic carbocycles. The zero-order valence-electron chi connectivity index (χ0n) is 18.6. The molecule has 3 aromatic rings. The molecular weight excluding hydrogens is 467 g/mol. The number of rotatable bonds is 4. The quantitative estimate of drug-likeness (QED) is 0.507. The molecule has 3 aromatic heterocycles. The van der Waals surface area contributed by atoms with Gasteiger partial charge in [0.2, 0.25) is 5.82 Å². The molecule has 0 saturated carbocycles. The van der Waals surface area contributed by atoms with E-state index >= 15 is 0 Å². The number of amides is 1. The van der Waals surface area contributed by atoms with Gasteiger partial charge in [-0.15, -0.1) is 5.10 Å². The van der Waals surface area contributed by atoms with Crippen LogP contribution in [0.15, 0.2) is 47.4 Å². The van der Waals surface area contributed by atoms with Gasteiger partial charge >= 0.3 is 6.18 Å². The van der Waals surface area contributed by atoms with E-state index in [1.54, 1.807) is 13.0 Å². The molecule has 0 bridgehead atoms. The van der Waals surface area contributed by atoms with Crippen molar-refractivity contribution in [1.82, 2.24) is 39.9 Å². The summed E-state index contributed by atoms with van der Waals surface area (Å²) in [6.07, 6.45) is 0.0451. The monoisotopic (exact) mass is 487 g/mol. The minimum Gasteiger partial charge on any atom is -0.386 e. The Kier molecular flexibility index (Phi) is 6.20. The molecule has 14 heteroatoms. The molecule has 0 radical (unpaired) electrons. The Labute approximate surface area is 196 Å². The number of nitrogens with zero attached hydrogens (tertiary/aromatic N) is 6. The number of aromatic nitrogens is 6. The lowest BCUT2D eigenvalue weighted by molar-refractivity contribution is -0.141. The van der Waals surface area contributed by atoms with Crippen molar-refractivity contribution in [3.8, 4) is 5.69 Å². The second-order valence-corrected chi connectivity index (χ2v) is 7.63. The second kappa shape index (κ2) is 9.12. The molecule has 4 rings (SSSR count). The molecule has 182 valence electrons. The minimum absolute atomic E-state index is 0.0344. The summed E-state index contributed by atoms with van der Waals surface area (Å²) in [5, 5.41) is 15.5. The predicted octanol–water partition coefficient (Wildman–Crippen LogP) is 1.65. The number of aromatic amines is 1. The number of hydrogen-bond donors (Lipinski definition) is 3. The van der Waals surface area contributed by atoms with Gasteiger partial charge in [0.1, 0.15) is 17.7 Å². The lowest BCUT2D eigenvalue weighted by atomic mass is 9.92.